The van der Waals surface area contributed by atoms with Crippen molar-refractivity contribution in [3.63, 3.8) is 0 Å². The molecule has 2 aromatic carbocycles. The van der Waals surface area contributed by atoms with Crippen LogP contribution in [0.25, 0.3) is 0 Å². The van der Waals surface area contributed by atoms with Crippen LogP contribution in [-0.2, 0) is 4.74 Å². The second kappa shape index (κ2) is 3.39. The van der Waals surface area contributed by atoms with E-state index in [-0.39, 0.29) is 11.6 Å². The number of carbonyl (C=O) groups excluding carboxylic acids is 2. The van der Waals surface area contributed by atoms with Crippen molar-refractivity contribution in [2.75, 3.05) is 0 Å². The molecule has 0 aromatic heterocycles. The van der Waals surface area contributed by atoms with Crippen LogP contribution in [0.15, 0.2) is 54.6 Å². The maximum Gasteiger partial charge on any atom is 0.224 e. The second-order valence-electron chi connectivity index (χ2n) is 4.85. The third-order valence-corrected chi connectivity index (χ3v) is 3.81. The Morgan fingerprint density at radius 1 is 0.789 bits per heavy atom. The standard InChI is InChI=1S/C16H10O3/c17-13-11-8-4-5-9-12(11)14(18)16(13)15(19-16)10-6-2-1-3-7-10/h1-9,15H. The van der Waals surface area contributed by atoms with Gasteiger partial charge in [0, 0.05) is 11.1 Å². The van der Waals surface area contributed by atoms with Crippen molar-refractivity contribution in [2.24, 2.45) is 0 Å². The molecule has 1 atom stereocenters. The fourth-order valence-corrected chi connectivity index (χ4v) is 2.81. The molecular formula is C16H10O3. The van der Waals surface area contributed by atoms with Gasteiger partial charge in [-0.25, -0.2) is 0 Å². The largest absolute Gasteiger partial charge is 0.344 e. The lowest BCUT2D eigenvalue weighted by Gasteiger charge is -1.99. The minimum Gasteiger partial charge on any atom is -0.344 e. The highest BCUT2D eigenvalue weighted by molar-refractivity contribution is 6.34. The van der Waals surface area contributed by atoms with Crippen LogP contribution in [0.3, 0.4) is 0 Å². The molecule has 1 saturated heterocycles. The summed E-state index contributed by atoms with van der Waals surface area (Å²) in [5.74, 6) is -0.413. The first kappa shape index (κ1) is 10.6. The van der Waals surface area contributed by atoms with Gasteiger partial charge in [-0.2, -0.15) is 0 Å². The highest BCUT2D eigenvalue weighted by Crippen LogP contribution is 2.56. The molecule has 92 valence electrons. The van der Waals surface area contributed by atoms with Crippen LogP contribution in [0.1, 0.15) is 32.4 Å². The topological polar surface area (TPSA) is 46.7 Å². The number of hydrogen-bond donors (Lipinski definition) is 0. The minimum atomic E-state index is -1.29. The Labute approximate surface area is 109 Å². The quantitative estimate of drug-likeness (QED) is 0.577. The summed E-state index contributed by atoms with van der Waals surface area (Å²) in [5.41, 5.74) is 0.541. The molecule has 3 heteroatoms. The smallest absolute Gasteiger partial charge is 0.224 e. The predicted octanol–water partition coefficient (Wildman–Crippen LogP) is 2.58. The van der Waals surface area contributed by atoms with Gasteiger partial charge in [0.25, 0.3) is 0 Å². The van der Waals surface area contributed by atoms with E-state index in [9.17, 15) is 9.59 Å². The third-order valence-electron chi connectivity index (χ3n) is 3.81. The van der Waals surface area contributed by atoms with Crippen LogP contribution in [0.5, 0.6) is 0 Å². The fourth-order valence-electron chi connectivity index (χ4n) is 2.81. The van der Waals surface area contributed by atoms with Gasteiger partial charge in [-0.05, 0) is 5.56 Å². The van der Waals surface area contributed by atoms with Crippen LogP contribution in [0.4, 0.5) is 0 Å². The van der Waals surface area contributed by atoms with E-state index in [1.807, 2.05) is 30.3 Å². The Balaban J connectivity index is 1.81. The summed E-state index contributed by atoms with van der Waals surface area (Å²) in [5, 5.41) is 0. The molecule has 2 aliphatic rings. The number of rotatable bonds is 1. The summed E-state index contributed by atoms with van der Waals surface area (Å²) >= 11 is 0. The molecule has 2 aromatic rings. The average molecular weight is 250 g/mol. The van der Waals surface area contributed by atoms with Gasteiger partial charge in [-0.1, -0.05) is 54.6 Å². The molecule has 0 saturated carbocycles. The summed E-state index contributed by atoms with van der Waals surface area (Å²) in [6.45, 7) is 0. The molecule has 1 heterocycles. The maximum atomic E-state index is 12.4. The van der Waals surface area contributed by atoms with Gasteiger partial charge in [0.15, 0.2) is 0 Å². The van der Waals surface area contributed by atoms with Crippen molar-refractivity contribution < 1.29 is 14.3 Å². The molecule has 1 unspecified atom stereocenters. The molecule has 19 heavy (non-hydrogen) atoms. The zero-order chi connectivity index (χ0) is 13.0. The Morgan fingerprint density at radius 3 is 1.89 bits per heavy atom. The normalized spacial score (nSPS) is 22.6. The van der Waals surface area contributed by atoms with Crippen LogP contribution in [0.2, 0.25) is 0 Å². The van der Waals surface area contributed by atoms with E-state index in [4.69, 9.17) is 4.74 Å². The van der Waals surface area contributed by atoms with Gasteiger partial charge in [-0.15, -0.1) is 0 Å². The first-order valence-electron chi connectivity index (χ1n) is 6.16. The molecule has 3 nitrogen and oxygen atoms in total. The average Bonchev–Trinajstić information content (AvgIpc) is 3.19. The van der Waals surface area contributed by atoms with E-state index in [1.165, 1.54) is 0 Å². The van der Waals surface area contributed by atoms with Gasteiger partial charge in [0.1, 0.15) is 6.10 Å². The summed E-state index contributed by atoms with van der Waals surface area (Å²) in [6, 6.07) is 16.3. The highest BCUT2D eigenvalue weighted by Gasteiger charge is 2.71. The fraction of sp³-hybridized carbons (Fsp3) is 0.125. The lowest BCUT2D eigenvalue weighted by Crippen LogP contribution is -2.27. The summed E-state index contributed by atoms with van der Waals surface area (Å²) in [6.07, 6.45) is -0.443. The summed E-state index contributed by atoms with van der Waals surface area (Å²) < 4.78 is 5.56. The Kier molecular flexibility index (Phi) is 1.90. The molecule has 1 aliphatic carbocycles. The van der Waals surface area contributed by atoms with Crippen molar-refractivity contribution in [2.45, 2.75) is 11.7 Å². The number of benzene rings is 2. The molecule has 0 N–H and O–H groups in total. The number of epoxide rings is 1. The third kappa shape index (κ3) is 1.20. The molecule has 1 aliphatic heterocycles. The van der Waals surface area contributed by atoms with Crippen LogP contribution in [0, 0.1) is 0 Å². The van der Waals surface area contributed by atoms with Crippen molar-refractivity contribution in [3.05, 3.63) is 71.3 Å². The van der Waals surface area contributed by atoms with E-state index >= 15 is 0 Å². The lowest BCUT2D eigenvalue weighted by atomic mass is 9.95. The number of fused-ring (bicyclic) bond motifs is 1. The predicted molar refractivity (Wildman–Crippen MR) is 68.1 cm³/mol. The Hall–Kier alpha value is -2.26. The molecule has 0 bridgehead atoms. The van der Waals surface area contributed by atoms with E-state index in [2.05, 4.69) is 0 Å². The minimum absolute atomic E-state index is 0.207. The van der Waals surface area contributed by atoms with Crippen molar-refractivity contribution >= 4 is 11.6 Å². The van der Waals surface area contributed by atoms with Gasteiger partial charge in [-0.3, -0.25) is 9.59 Å². The van der Waals surface area contributed by atoms with Gasteiger partial charge in [0.05, 0.1) is 0 Å². The van der Waals surface area contributed by atoms with Crippen molar-refractivity contribution in [1.82, 2.24) is 0 Å². The molecule has 4 rings (SSSR count). The van der Waals surface area contributed by atoms with Crippen molar-refractivity contribution in [1.29, 1.82) is 0 Å². The van der Waals surface area contributed by atoms with Gasteiger partial charge in [0.2, 0.25) is 17.2 Å². The van der Waals surface area contributed by atoms with E-state index in [0.717, 1.165) is 5.56 Å². The second-order valence-corrected chi connectivity index (χ2v) is 4.85. The van der Waals surface area contributed by atoms with E-state index in [1.54, 1.807) is 24.3 Å². The summed E-state index contributed by atoms with van der Waals surface area (Å²) in [4.78, 5) is 24.9. The van der Waals surface area contributed by atoms with Crippen LogP contribution < -0.4 is 0 Å². The van der Waals surface area contributed by atoms with E-state index < -0.39 is 11.7 Å². The zero-order valence-corrected chi connectivity index (χ0v) is 10.00. The molecule has 0 radical (unpaired) electrons. The molecule has 1 fully saturated rings. The lowest BCUT2D eigenvalue weighted by molar-refractivity contribution is 0.0785. The number of carbonyl (C=O) groups is 2. The molecule has 0 amide bonds. The SMILES string of the molecule is O=C1c2ccccc2C(=O)C12OC2c1ccccc1. The molecular weight excluding hydrogens is 240 g/mol. The van der Waals surface area contributed by atoms with E-state index in [0.29, 0.717) is 11.1 Å². The number of hydrogen-bond acceptors (Lipinski definition) is 3. The Morgan fingerprint density at radius 2 is 1.32 bits per heavy atom. The monoisotopic (exact) mass is 250 g/mol. The van der Waals surface area contributed by atoms with Crippen LogP contribution >= 0.6 is 0 Å². The molecule has 1 spiro atoms. The number of Topliss-reactive ketones (excluding diaryl/α,β-unsaturated/α-hetero) is 2. The first-order chi connectivity index (χ1) is 9.25. The van der Waals surface area contributed by atoms with Crippen LogP contribution in [-0.4, -0.2) is 17.2 Å². The number of ether oxygens (including phenoxy) is 1. The first-order valence-corrected chi connectivity index (χ1v) is 6.16. The number of ketones is 2. The van der Waals surface area contributed by atoms with Crippen molar-refractivity contribution in [3.8, 4) is 0 Å². The zero-order valence-electron chi connectivity index (χ0n) is 10.00. The maximum absolute atomic E-state index is 12.4. The van der Waals surface area contributed by atoms with Gasteiger partial charge < -0.3 is 4.74 Å². The highest BCUT2D eigenvalue weighted by atomic mass is 16.6. The van der Waals surface area contributed by atoms with Gasteiger partial charge >= 0.3 is 0 Å². The summed E-state index contributed by atoms with van der Waals surface area (Å²) in [7, 11) is 0. The Bertz CT molecular complexity index is 668.